The van der Waals surface area contributed by atoms with Crippen LogP contribution in [0.25, 0.3) is 0 Å². The second-order valence-corrected chi connectivity index (χ2v) is 4.10. The molecule has 0 bridgehead atoms. The number of aliphatic carboxylic acids is 1. The number of nitrogens with one attached hydrogen (secondary N) is 1. The molecular weight excluding hydrogens is 234 g/mol. The number of amides is 1. The van der Waals surface area contributed by atoms with Crippen LogP contribution >= 0.6 is 0 Å². The molecule has 0 saturated heterocycles. The molecular formula is C13H17NO4. The lowest BCUT2D eigenvalue weighted by Gasteiger charge is -2.10. The van der Waals surface area contributed by atoms with Gasteiger partial charge in [-0.2, -0.15) is 0 Å². The first-order chi connectivity index (χ1) is 8.50. The number of carboxylic acid groups (broad SMARTS) is 1. The van der Waals surface area contributed by atoms with E-state index < -0.39 is 11.9 Å². The van der Waals surface area contributed by atoms with Gasteiger partial charge in [0.15, 0.2) is 6.61 Å². The van der Waals surface area contributed by atoms with Gasteiger partial charge in [0.2, 0.25) is 0 Å². The molecule has 0 fully saturated rings. The highest BCUT2D eigenvalue weighted by molar-refractivity contribution is 5.78. The van der Waals surface area contributed by atoms with Crippen LogP contribution in [0.2, 0.25) is 0 Å². The van der Waals surface area contributed by atoms with Crippen LogP contribution in [-0.4, -0.2) is 30.1 Å². The molecule has 0 aliphatic rings. The predicted octanol–water partition coefficient (Wildman–Crippen LogP) is 1.21. The lowest BCUT2D eigenvalue weighted by molar-refractivity contribution is -0.141. The van der Waals surface area contributed by atoms with Crippen molar-refractivity contribution < 1.29 is 19.4 Å². The highest BCUT2D eigenvalue weighted by Gasteiger charge is 2.12. The maximum atomic E-state index is 11.4. The van der Waals surface area contributed by atoms with Gasteiger partial charge >= 0.3 is 5.97 Å². The number of hydrogen-bond acceptors (Lipinski definition) is 3. The van der Waals surface area contributed by atoms with Gasteiger partial charge in [0, 0.05) is 6.54 Å². The number of carboxylic acids is 1. The third-order valence-corrected chi connectivity index (χ3v) is 2.48. The minimum Gasteiger partial charge on any atom is -0.484 e. The van der Waals surface area contributed by atoms with Gasteiger partial charge in [0.25, 0.3) is 5.91 Å². The summed E-state index contributed by atoms with van der Waals surface area (Å²) in [6.45, 7) is 3.41. The van der Waals surface area contributed by atoms with Crippen LogP contribution in [0.15, 0.2) is 24.3 Å². The summed E-state index contributed by atoms with van der Waals surface area (Å²) in [4.78, 5) is 22.0. The molecule has 1 aromatic carbocycles. The molecule has 5 heteroatoms. The third kappa shape index (κ3) is 4.45. The van der Waals surface area contributed by atoms with Crippen molar-refractivity contribution in [2.75, 3.05) is 13.2 Å². The zero-order valence-electron chi connectivity index (χ0n) is 10.5. The van der Waals surface area contributed by atoms with Gasteiger partial charge in [-0.3, -0.25) is 9.59 Å². The molecule has 1 amide bonds. The Morgan fingerprint density at radius 1 is 1.39 bits per heavy atom. The maximum Gasteiger partial charge on any atom is 0.308 e. The summed E-state index contributed by atoms with van der Waals surface area (Å²) in [5.74, 6) is -1.21. The molecule has 18 heavy (non-hydrogen) atoms. The molecule has 1 rings (SSSR count). The van der Waals surface area contributed by atoms with Crippen LogP contribution < -0.4 is 10.1 Å². The lowest BCUT2D eigenvalue weighted by Crippen LogP contribution is -2.34. The summed E-state index contributed by atoms with van der Waals surface area (Å²) in [6, 6.07) is 7.38. The quantitative estimate of drug-likeness (QED) is 0.796. The Bertz CT molecular complexity index is 431. The molecule has 0 heterocycles. The predicted molar refractivity (Wildman–Crippen MR) is 66.5 cm³/mol. The van der Waals surface area contributed by atoms with Crippen LogP contribution in [0.5, 0.6) is 5.75 Å². The number of carbonyl (C=O) groups is 2. The summed E-state index contributed by atoms with van der Waals surface area (Å²) in [6.07, 6.45) is 0. The molecule has 1 unspecified atom stereocenters. The minimum absolute atomic E-state index is 0.102. The van der Waals surface area contributed by atoms with Crippen molar-refractivity contribution in [3.8, 4) is 5.75 Å². The van der Waals surface area contributed by atoms with Crippen LogP contribution in [0, 0.1) is 12.8 Å². The molecule has 0 aliphatic heterocycles. The Balaban J connectivity index is 2.34. The molecule has 98 valence electrons. The Kier molecular flexibility index (Phi) is 5.17. The minimum atomic E-state index is -0.935. The molecule has 1 atom stereocenters. The number of para-hydroxylation sites is 1. The number of hydrogen-bond donors (Lipinski definition) is 2. The number of benzene rings is 1. The standard InChI is InChI=1S/C13H17NO4/c1-9-5-3-4-6-11(9)18-8-12(15)14-7-10(2)13(16)17/h3-6,10H,7-8H2,1-2H3,(H,14,15)(H,16,17). The zero-order chi connectivity index (χ0) is 13.5. The maximum absolute atomic E-state index is 11.4. The third-order valence-electron chi connectivity index (χ3n) is 2.48. The van der Waals surface area contributed by atoms with E-state index in [1.807, 2.05) is 25.1 Å². The van der Waals surface area contributed by atoms with E-state index in [-0.39, 0.29) is 19.1 Å². The first-order valence-corrected chi connectivity index (χ1v) is 5.68. The van der Waals surface area contributed by atoms with Crippen molar-refractivity contribution in [3.63, 3.8) is 0 Å². The van der Waals surface area contributed by atoms with Crippen molar-refractivity contribution >= 4 is 11.9 Å². The van der Waals surface area contributed by atoms with Gasteiger partial charge in [0.1, 0.15) is 5.75 Å². The zero-order valence-corrected chi connectivity index (χ0v) is 10.5. The monoisotopic (exact) mass is 251 g/mol. The number of carbonyl (C=O) groups excluding carboxylic acids is 1. The Hall–Kier alpha value is -2.04. The number of rotatable bonds is 6. The van der Waals surface area contributed by atoms with Gasteiger partial charge in [-0.25, -0.2) is 0 Å². The van der Waals surface area contributed by atoms with E-state index >= 15 is 0 Å². The van der Waals surface area contributed by atoms with E-state index in [2.05, 4.69) is 5.32 Å². The van der Waals surface area contributed by atoms with Gasteiger partial charge in [-0.15, -0.1) is 0 Å². The van der Waals surface area contributed by atoms with E-state index in [0.717, 1.165) is 5.56 Å². The fourth-order valence-corrected chi connectivity index (χ4v) is 1.27. The normalized spacial score (nSPS) is 11.7. The van der Waals surface area contributed by atoms with Crippen molar-refractivity contribution in [2.45, 2.75) is 13.8 Å². The Morgan fingerprint density at radius 3 is 2.67 bits per heavy atom. The van der Waals surface area contributed by atoms with E-state index in [9.17, 15) is 9.59 Å². The van der Waals surface area contributed by atoms with E-state index in [0.29, 0.717) is 5.75 Å². The first-order valence-electron chi connectivity index (χ1n) is 5.68. The second-order valence-electron chi connectivity index (χ2n) is 4.10. The molecule has 5 nitrogen and oxygen atoms in total. The number of aryl methyl sites for hydroxylation is 1. The topological polar surface area (TPSA) is 75.6 Å². The molecule has 2 N–H and O–H groups in total. The van der Waals surface area contributed by atoms with E-state index in [1.54, 1.807) is 6.07 Å². The smallest absolute Gasteiger partial charge is 0.308 e. The van der Waals surface area contributed by atoms with Crippen LogP contribution in [0.3, 0.4) is 0 Å². The fraction of sp³-hybridized carbons (Fsp3) is 0.385. The molecule has 1 aromatic rings. The number of ether oxygens (including phenoxy) is 1. The summed E-state index contributed by atoms with van der Waals surface area (Å²) in [7, 11) is 0. The fourth-order valence-electron chi connectivity index (χ4n) is 1.27. The molecule has 0 aromatic heterocycles. The van der Waals surface area contributed by atoms with Gasteiger partial charge in [0.05, 0.1) is 5.92 Å². The average molecular weight is 251 g/mol. The van der Waals surface area contributed by atoms with Crippen LogP contribution in [0.4, 0.5) is 0 Å². The van der Waals surface area contributed by atoms with Crippen LogP contribution in [0.1, 0.15) is 12.5 Å². The highest BCUT2D eigenvalue weighted by Crippen LogP contribution is 2.15. The van der Waals surface area contributed by atoms with E-state index in [4.69, 9.17) is 9.84 Å². The first kappa shape index (κ1) is 14.0. The van der Waals surface area contributed by atoms with Crippen molar-refractivity contribution in [3.05, 3.63) is 29.8 Å². The lowest BCUT2D eigenvalue weighted by atomic mass is 10.2. The second kappa shape index (κ2) is 6.64. The summed E-state index contributed by atoms with van der Waals surface area (Å²) >= 11 is 0. The summed E-state index contributed by atoms with van der Waals surface area (Å²) < 4.78 is 5.33. The van der Waals surface area contributed by atoms with Crippen molar-refractivity contribution in [1.29, 1.82) is 0 Å². The van der Waals surface area contributed by atoms with Crippen LogP contribution in [-0.2, 0) is 9.59 Å². The molecule has 0 radical (unpaired) electrons. The summed E-state index contributed by atoms with van der Waals surface area (Å²) in [5.41, 5.74) is 0.948. The largest absolute Gasteiger partial charge is 0.484 e. The summed E-state index contributed by atoms with van der Waals surface area (Å²) in [5, 5.41) is 11.2. The van der Waals surface area contributed by atoms with Gasteiger partial charge in [-0.1, -0.05) is 25.1 Å². The Labute approximate surface area is 106 Å². The highest BCUT2D eigenvalue weighted by atomic mass is 16.5. The molecule has 0 spiro atoms. The Morgan fingerprint density at radius 2 is 2.06 bits per heavy atom. The molecule has 0 aliphatic carbocycles. The van der Waals surface area contributed by atoms with E-state index in [1.165, 1.54) is 6.92 Å². The van der Waals surface area contributed by atoms with Gasteiger partial charge < -0.3 is 15.2 Å². The van der Waals surface area contributed by atoms with Gasteiger partial charge in [-0.05, 0) is 18.6 Å². The van der Waals surface area contributed by atoms with Crippen molar-refractivity contribution in [2.24, 2.45) is 5.92 Å². The average Bonchev–Trinajstić information content (AvgIpc) is 2.34. The van der Waals surface area contributed by atoms with Crippen molar-refractivity contribution in [1.82, 2.24) is 5.32 Å². The molecule has 0 saturated carbocycles. The SMILES string of the molecule is Cc1ccccc1OCC(=O)NCC(C)C(=O)O.